The van der Waals surface area contributed by atoms with Crippen LogP contribution in [-0.4, -0.2) is 41.5 Å². The lowest BCUT2D eigenvalue weighted by atomic mass is 10.3. The summed E-state index contributed by atoms with van der Waals surface area (Å²) in [6.07, 6.45) is 1.81. The zero-order valence-electron chi connectivity index (χ0n) is 14.3. The van der Waals surface area contributed by atoms with Crippen LogP contribution in [0.15, 0.2) is 54.7 Å². The molecule has 6 nitrogen and oxygen atoms in total. The number of rotatable bonds is 9. The zero-order valence-corrected chi connectivity index (χ0v) is 14.3. The quantitative estimate of drug-likeness (QED) is 0.655. The van der Waals surface area contributed by atoms with Crippen LogP contribution in [-0.2, 0) is 20.9 Å². The van der Waals surface area contributed by atoms with Crippen molar-refractivity contribution in [2.45, 2.75) is 19.9 Å². The molecule has 1 aromatic carbocycles. The Kier molecular flexibility index (Phi) is 7.43. The van der Waals surface area contributed by atoms with Crippen LogP contribution in [0.3, 0.4) is 0 Å². The van der Waals surface area contributed by atoms with Gasteiger partial charge in [-0.1, -0.05) is 24.3 Å². The highest BCUT2D eigenvalue weighted by atomic mass is 16.5. The number of nitrogens with zero attached hydrogens (tertiary/aromatic N) is 2. The van der Waals surface area contributed by atoms with Gasteiger partial charge in [-0.25, -0.2) is 0 Å². The molecule has 0 aliphatic carbocycles. The molecule has 0 saturated heterocycles. The minimum Gasteiger partial charge on any atom is -0.484 e. The lowest BCUT2D eigenvalue weighted by Crippen LogP contribution is -2.36. The third-order valence-electron chi connectivity index (χ3n) is 3.43. The van der Waals surface area contributed by atoms with E-state index in [4.69, 9.17) is 9.47 Å². The van der Waals surface area contributed by atoms with Crippen molar-refractivity contribution >= 4 is 11.9 Å². The molecular weight excluding hydrogens is 320 g/mol. The first-order valence-corrected chi connectivity index (χ1v) is 8.20. The van der Waals surface area contributed by atoms with Crippen LogP contribution >= 0.6 is 0 Å². The van der Waals surface area contributed by atoms with Crippen molar-refractivity contribution in [2.24, 2.45) is 0 Å². The van der Waals surface area contributed by atoms with E-state index in [1.165, 1.54) is 0 Å². The van der Waals surface area contributed by atoms with E-state index in [1.807, 2.05) is 36.4 Å². The zero-order chi connectivity index (χ0) is 17.9. The first-order chi connectivity index (χ1) is 12.2. The van der Waals surface area contributed by atoms with E-state index in [9.17, 15) is 9.59 Å². The van der Waals surface area contributed by atoms with Gasteiger partial charge in [-0.2, -0.15) is 0 Å². The molecule has 0 aliphatic heterocycles. The van der Waals surface area contributed by atoms with Crippen LogP contribution in [0.4, 0.5) is 0 Å². The number of para-hydroxylation sites is 1. The normalized spacial score (nSPS) is 10.1. The van der Waals surface area contributed by atoms with Crippen molar-refractivity contribution in [1.29, 1.82) is 0 Å². The number of carbonyl (C=O) groups is 2. The van der Waals surface area contributed by atoms with Gasteiger partial charge in [0.2, 0.25) is 0 Å². The highest BCUT2D eigenvalue weighted by molar-refractivity contribution is 5.78. The summed E-state index contributed by atoms with van der Waals surface area (Å²) in [5.41, 5.74) is 0.749. The molecule has 0 N–H and O–H groups in total. The van der Waals surface area contributed by atoms with E-state index in [0.29, 0.717) is 18.9 Å². The third-order valence-corrected chi connectivity index (χ3v) is 3.43. The largest absolute Gasteiger partial charge is 0.484 e. The molecule has 0 radical (unpaired) electrons. The van der Waals surface area contributed by atoms with Gasteiger partial charge in [0.05, 0.1) is 25.3 Å². The van der Waals surface area contributed by atoms with Gasteiger partial charge < -0.3 is 14.4 Å². The lowest BCUT2D eigenvalue weighted by molar-refractivity contribution is -0.144. The van der Waals surface area contributed by atoms with Crippen LogP contribution in [0.2, 0.25) is 0 Å². The average molecular weight is 342 g/mol. The summed E-state index contributed by atoms with van der Waals surface area (Å²) in [6, 6.07) is 14.6. The summed E-state index contributed by atoms with van der Waals surface area (Å²) < 4.78 is 10.4. The third kappa shape index (κ3) is 6.63. The maximum atomic E-state index is 12.5. The number of aromatic nitrogens is 1. The fourth-order valence-corrected chi connectivity index (χ4v) is 2.19. The Morgan fingerprint density at radius 3 is 2.52 bits per heavy atom. The van der Waals surface area contributed by atoms with Crippen molar-refractivity contribution in [1.82, 2.24) is 9.88 Å². The molecule has 25 heavy (non-hydrogen) atoms. The highest BCUT2D eigenvalue weighted by Crippen LogP contribution is 2.09. The van der Waals surface area contributed by atoms with Crippen molar-refractivity contribution in [3.05, 3.63) is 60.4 Å². The van der Waals surface area contributed by atoms with Crippen LogP contribution in [0.5, 0.6) is 5.75 Å². The smallest absolute Gasteiger partial charge is 0.307 e. The number of esters is 1. The number of carbonyl (C=O) groups excluding carboxylic acids is 2. The van der Waals surface area contributed by atoms with Crippen LogP contribution in [0.25, 0.3) is 0 Å². The second kappa shape index (κ2) is 10.1. The second-order valence-corrected chi connectivity index (χ2v) is 5.29. The fourth-order valence-electron chi connectivity index (χ4n) is 2.19. The Labute approximate surface area is 147 Å². The summed E-state index contributed by atoms with van der Waals surface area (Å²) in [5.74, 6) is 0.0862. The molecule has 0 spiro atoms. The molecule has 2 rings (SSSR count). The van der Waals surface area contributed by atoms with Crippen LogP contribution in [0, 0.1) is 0 Å². The maximum Gasteiger partial charge on any atom is 0.307 e. The SMILES string of the molecule is CCOC(=O)CCN(Cc1ccccn1)C(=O)COc1ccccc1. The molecule has 0 fully saturated rings. The Bertz CT molecular complexity index is 662. The van der Waals surface area contributed by atoms with Gasteiger partial charge in [0.15, 0.2) is 6.61 Å². The lowest BCUT2D eigenvalue weighted by Gasteiger charge is -2.22. The summed E-state index contributed by atoms with van der Waals surface area (Å²) >= 11 is 0. The summed E-state index contributed by atoms with van der Waals surface area (Å²) in [6.45, 7) is 2.55. The van der Waals surface area contributed by atoms with E-state index >= 15 is 0 Å². The monoisotopic (exact) mass is 342 g/mol. The number of pyridine rings is 1. The highest BCUT2D eigenvalue weighted by Gasteiger charge is 2.17. The van der Waals surface area contributed by atoms with Gasteiger partial charge in [0.25, 0.3) is 5.91 Å². The molecule has 2 aromatic rings. The van der Waals surface area contributed by atoms with Gasteiger partial charge in [-0.15, -0.1) is 0 Å². The Morgan fingerprint density at radius 2 is 1.84 bits per heavy atom. The number of hydrogen-bond acceptors (Lipinski definition) is 5. The number of ether oxygens (including phenoxy) is 2. The molecule has 0 aliphatic rings. The topological polar surface area (TPSA) is 68.7 Å². The average Bonchev–Trinajstić information content (AvgIpc) is 2.65. The minimum absolute atomic E-state index is 0.0975. The van der Waals surface area contributed by atoms with Gasteiger partial charge in [-0.3, -0.25) is 14.6 Å². The molecule has 132 valence electrons. The number of benzene rings is 1. The van der Waals surface area contributed by atoms with Crippen LogP contribution in [0.1, 0.15) is 19.0 Å². The van der Waals surface area contributed by atoms with Crippen molar-refractivity contribution in [3.63, 3.8) is 0 Å². The van der Waals surface area contributed by atoms with Gasteiger partial charge in [-0.05, 0) is 31.2 Å². The summed E-state index contributed by atoms with van der Waals surface area (Å²) in [4.78, 5) is 29.9. The molecular formula is C19H22N2O4. The maximum absolute atomic E-state index is 12.5. The van der Waals surface area contributed by atoms with Crippen molar-refractivity contribution in [2.75, 3.05) is 19.8 Å². The van der Waals surface area contributed by atoms with E-state index in [0.717, 1.165) is 5.69 Å². The van der Waals surface area contributed by atoms with E-state index in [1.54, 1.807) is 30.2 Å². The molecule has 0 saturated carbocycles. The molecule has 0 unspecified atom stereocenters. The Hall–Kier alpha value is -2.89. The van der Waals surface area contributed by atoms with E-state index < -0.39 is 0 Å². The molecule has 1 heterocycles. The number of amides is 1. The Balaban J connectivity index is 1.96. The number of hydrogen-bond donors (Lipinski definition) is 0. The van der Waals surface area contributed by atoms with Crippen LogP contribution < -0.4 is 4.74 Å². The second-order valence-electron chi connectivity index (χ2n) is 5.29. The molecule has 0 bridgehead atoms. The van der Waals surface area contributed by atoms with Gasteiger partial charge >= 0.3 is 5.97 Å². The van der Waals surface area contributed by atoms with Crippen molar-refractivity contribution < 1.29 is 19.1 Å². The van der Waals surface area contributed by atoms with Gasteiger partial charge in [0.1, 0.15) is 5.75 Å². The standard InChI is InChI=1S/C19H22N2O4/c1-2-24-19(23)11-13-21(14-16-8-6-7-12-20-16)18(22)15-25-17-9-4-3-5-10-17/h3-10,12H,2,11,13-15H2,1H3. The first kappa shape index (κ1) is 18.4. The van der Waals surface area contributed by atoms with E-state index in [2.05, 4.69) is 4.98 Å². The first-order valence-electron chi connectivity index (χ1n) is 8.20. The Morgan fingerprint density at radius 1 is 1.08 bits per heavy atom. The predicted molar refractivity (Wildman–Crippen MR) is 92.8 cm³/mol. The molecule has 0 atom stereocenters. The summed E-state index contributed by atoms with van der Waals surface area (Å²) in [7, 11) is 0. The predicted octanol–water partition coefficient (Wildman–Crippen LogP) is 2.44. The molecule has 1 amide bonds. The minimum atomic E-state index is -0.328. The fraction of sp³-hybridized carbons (Fsp3) is 0.316. The van der Waals surface area contributed by atoms with Gasteiger partial charge in [0, 0.05) is 12.7 Å². The molecule has 1 aromatic heterocycles. The van der Waals surface area contributed by atoms with E-state index in [-0.39, 0.29) is 31.4 Å². The molecule has 6 heteroatoms. The van der Waals surface area contributed by atoms with Crippen molar-refractivity contribution in [3.8, 4) is 5.75 Å². The summed E-state index contributed by atoms with van der Waals surface area (Å²) in [5, 5.41) is 0.